The lowest BCUT2D eigenvalue weighted by molar-refractivity contribution is -0.139. The van der Waals surface area contributed by atoms with Crippen LogP contribution in [0.4, 0.5) is 0 Å². The summed E-state index contributed by atoms with van der Waals surface area (Å²) in [5.41, 5.74) is -1.08. The van der Waals surface area contributed by atoms with E-state index in [1.54, 1.807) is 0 Å². The van der Waals surface area contributed by atoms with Crippen LogP contribution in [-0.2, 0) is 22.9 Å². The Morgan fingerprint density at radius 2 is 1.56 bits per heavy atom. The van der Waals surface area contributed by atoms with E-state index in [9.17, 15) is 9.59 Å². The number of aliphatic carboxylic acids is 2. The third-order valence-corrected chi connectivity index (χ3v) is 5.32. The third-order valence-electron chi connectivity index (χ3n) is 2.23. The normalized spacial score (nSPS) is 13.4. The average Bonchev–Trinajstić information content (AvgIpc) is 2.24. The predicted octanol–water partition coefficient (Wildman–Crippen LogP) is 0.184. The van der Waals surface area contributed by atoms with Crippen molar-refractivity contribution >= 4 is 20.7 Å². The summed E-state index contributed by atoms with van der Waals surface area (Å²) in [6.07, 6.45) is -0.367. The maximum atomic E-state index is 11.0. The van der Waals surface area contributed by atoms with Gasteiger partial charge in [0.25, 0.3) is 0 Å². The van der Waals surface area contributed by atoms with Crippen molar-refractivity contribution in [2.24, 2.45) is 0 Å². The standard InChI is InChI=1S/C8H16O7Si/c1-13-16(14-2,15-3)6(8(11)12)4-5-7(9)10/h6H,4-5H2,1-3H3,(H,9,10)(H,11,12). The highest BCUT2D eigenvalue weighted by Gasteiger charge is 2.51. The summed E-state index contributed by atoms with van der Waals surface area (Å²) in [6, 6.07) is 0. The molecule has 7 nitrogen and oxygen atoms in total. The first-order valence-corrected chi connectivity index (χ1v) is 6.33. The van der Waals surface area contributed by atoms with Crippen LogP contribution in [0.2, 0.25) is 5.54 Å². The Morgan fingerprint density at radius 1 is 1.12 bits per heavy atom. The van der Waals surface area contributed by atoms with E-state index in [1.807, 2.05) is 0 Å². The smallest absolute Gasteiger partial charge is 0.481 e. The monoisotopic (exact) mass is 252 g/mol. The van der Waals surface area contributed by atoms with Crippen LogP contribution in [0.3, 0.4) is 0 Å². The molecule has 0 aliphatic heterocycles. The fourth-order valence-corrected chi connectivity index (χ4v) is 3.55. The zero-order chi connectivity index (χ0) is 12.8. The molecule has 1 unspecified atom stereocenters. The molecule has 0 aliphatic carbocycles. The van der Waals surface area contributed by atoms with Crippen molar-refractivity contribution in [3.63, 3.8) is 0 Å². The zero-order valence-electron chi connectivity index (χ0n) is 9.43. The molecule has 2 N–H and O–H groups in total. The molecule has 0 heterocycles. The molecule has 0 saturated carbocycles. The molecule has 0 aromatic carbocycles. The first-order valence-electron chi connectivity index (χ1n) is 4.53. The topological polar surface area (TPSA) is 102 Å². The Hall–Kier alpha value is -0.963. The van der Waals surface area contributed by atoms with Crippen LogP contribution in [0.5, 0.6) is 0 Å². The summed E-state index contributed by atoms with van der Waals surface area (Å²) in [5.74, 6) is -2.25. The van der Waals surface area contributed by atoms with Gasteiger partial charge in [0.2, 0.25) is 0 Å². The fourth-order valence-electron chi connectivity index (χ4n) is 1.40. The van der Waals surface area contributed by atoms with Gasteiger partial charge in [-0.2, -0.15) is 0 Å². The lowest BCUT2D eigenvalue weighted by Gasteiger charge is -2.29. The number of carboxylic acids is 2. The van der Waals surface area contributed by atoms with Gasteiger partial charge in [0.05, 0.1) is 0 Å². The molecule has 0 amide bonds. The van der Waals surface area contributed by atoms with Crippen LogP contribution < -0.4 is 0 Å². The first kappa shape index (κ1) is 15.0. The van der Waals surface area contributed by atoms with E-state index < -0.39 is 26.3 Å². The number of rotatable bonds is 8. The van der Waals surface area contributed by atoms with E-state index in [1.165, 1.54) is 21.3 Å². The molecule has 0 saturated heterocycles. The highest BCUT2D eigenvalue weighted by molar-refractivity contribution is 6.66. The zero-order valence-corrected chi connectivity index (χ0v) is 10.4. The minimum atomic E-state index is -3.34. The van der Waals surface area contributed by atoms with Gasteiger partial charge in [-0.25, -0.2) is 0 Å². The molecule has 0 aliphatic rings. The Bertz CT molecular complexity index is 243. The van der Waals surface area contributed by atoms with Crippen molar-refractivity contribution in [3.05, 3.63) is 0 Å². The second kappa shape index (κ2) is 6.58. The summed E-state index contributed by atoms with van der Waals surface area (Å²) in [7, 11) is 0.523. The number of carbonyl (C=O) groups is 2. The summed E-state index contributed by atoms with van der Waals surface area (Å²) >= 11 is 0. The minimum absolute atomic E-state index is 0.0909. The first-order chi connectivity index (χ1) is 7.43. The number of hydrogen-bond donors (Lipinski definition) is 2. The van der Waals surface area contributed by atoms with E-state index in [0.29, 0.717) is 0 Å². The average molecular weight is 252 g/mol. The van der Waals surface area contributed by atoms with Gasteiger partial charge in [0, 0.05) is 27.8 Å². The van der Waals surface area contributed by atoms with Crippen LogP contribution in [0, 0.1) is 0 Å². The van der Waals surface area contributed by atoms with E-state index in [-0.39, 0.29) is 12.8 Å². The van der Waals surface area contributed by atoms with Crippen LogP contribution in [0.15, 0.2) is 0 Å². The van der Waals surface area contributed by atoms with Crippen LogP contribution in [-0.4, -0.2) is 52.3 Å². The Morgan fingerprint density at radius 3 is 1.81 bits per heavy atom. The van der Waals surface area contributed by atoms with Crippen molar-refractivity contribution < 1.29 is 33.1 Å². The molecule has 94 valence electrons. The molecular formula is C8H16O7Si. The summed E-state index contributed by atoms with van der Waals surface area (Å²) in [4.78, 5) is 21.5. The Labute approximate surface area is 94.3 Å². The lowest BCUT2D eigenvalue weighted by Crippen LogP contribution is -2.50. The van der Waals surface area contributed by atoms with Crippen LogP contribution in [0.25, 0.3) is 0 Å². The van der Waals surface area contributed by atoms with Gasteiger partial charge in [0.1, 0.15) is 5.54 Å². The molecule has 16 heavy (non-hydrogen) atoms. The summed E-state index contributed by atoms with van der Waals surface area (Å²) < 4.78 is 15.0. The van der Waals surface area contributed by atoms with Gasteiger partial charge in [0.15, 0.2) is 0 Å². The summed E-state index contributed by atoms with van der Waals surface area (Å²) in [5, 5.41) is 17.5. The van der Waals surface area contributed by atoms with Crippen molar-refractivity contribution in [3.8, 4) is 0 Å². The van der Waals surface area contributed by atoms with E-state index in [2.05, 4.69) is 0 Å². The summed E-state index contributed by atoms with van der Waals surface area (Å²) in [6.45, 7) is 0. The molecule has 0 aromatic heterocycles. The van der Waals surface area contributed by atoms with E-state index in [0.717, 1.165) is 0 Å². The highest BCUT2D eigenvalue weighted by atomic mass is 28.4. The van der Waals surface area contributed by atoms with E-state index in [4.69, 9.17) is 23.5 Å². The molecule has 0 fully saturated rings. The molecule has 0 spiro atoms. The number of hydrogen-bond acceptors (Lipinski definition) is 5. The molecule has 8 heteroatoms. The van der Waals surface area contributed by atoms with Crippen molar-refractivity contribution in [2.45, 2.75) is 18.4 Å². The van der Waals surface area contributed by atoms with Crippen LogP contribution in [0.1, 0.15) is 12.8 Å². The lowest BCUT2D eigenvalue weighted by atomic mass is 10.2. The maximum absolute atomic E-state index is 11.0. The van der Waals surface area contributed by atoms with Crippen molar-refractivity contribution in [1.82, 2.24) is 0 Å². The Balaban J connectivity index is 4.85. The van der Waals surface area contributed by atoms with Gasteiger partial charge >= 0.3 is 20.7 Å². The molecule has 1 atom stereocenters. The molecular weight excluding hydrogens is 236 g/mol. The highest BCUT2D eigenvalue weighted by Crippen LogP contribution is 2.29. The number of carboxylic acid groups (broad SMARTS) is 2. The van der Waals surface area contributed by atoms with Crippen molar-refractivity contribution in [2.75, 3.05) is 21.3 Å². The second-order valence-electron chi connectivity index (χ2n) is 3.04. The van der Waals surface area contributed by atoms with Gasteiger partial charge < -0.3 is 23.5 Å². The van der Waals surface area contributed by atoms with Gasteiger partial charge in [-0.1, -0.05) is 0 Å². The minimum Gasteiger partial charge on any atom is -0.481 e. The molecule has 0 rings (SSSR count). The van der Waals surface area contributed by atoms with Gasteiger partial charge in [-0.3, -0.25) is 9.59 Å². The maximum Gasteiger partial charge on any atom is 0.515 e. The van der Waals surface area contributed by atoms with Crippen LogP contribution >= 0.6 is 0 Å². The molecule has 0 aromatic rings. The molecule has 0 radical (unpaired) electrons. The third kappa shape index (κ3) is 3.56. The molecule has 0 bridgehead atoms. The Kier molecular flexibility index (Phi) is 6.19. The SMILES string of the molecule is CO[Si](OC)(OC)C(CCC(=O)O)C(=O)O. The quantitative estimate of drug-likeness (QED) is 0.594. The fraction of sp³-hybridized carbons (Fsp3) is 0.750. The second-order valence-corrected chi connectivity index (χ2v) is 6.17. The van der Waals surface area contributed by atoms with Gasteiger partial charge in [-0.15, -0.1) is 0 Å². The predicted molar refractivity (Wildman–Crippen MR) is 55.0 cm³/mol. The van der Waals surface area contributed by atoms with E-state index >= 15 is 0 Å². The van der Waals surface area contributed by atoms with Gasteiger partial charge in [-0.05, 0) is 6.42 Å². The largest absolute Gasteiger partial charge is 0.515 e. The van der Waals surface area contributed by atoms with Crippen molar-refractivity contribution in [1.29, 1.82) is 0 Å².